The molecule has 3 rings (SSSR count). The molecule has 0 radical (unpaired) electrons. The molecule has 0 atom stereocenters. The smallest absolute Gasteiger partial charge is 0.257 e. The summed E-state index contributed by atoms with van der Waals surface area (Å²) in [5.41, 5.74) is 3.74. The monoisotopic (exact) mass is 411 g/mol. The number of aromatic nitrogens is 1. The van der Waals surface area contributed by atoms with E-state index in [1.54, 1.807) is 36.6 Å². The van der Waals surface area contributed by atoms with Crippen LogP contribution in [0.25, 0.3) is 11.3 Å². The molecule has 3 N–H and O–H groups in total. The van der Waals surface area contributed by atoms with Crippen molar-refractivity contribution in [3.8, 4) is 17.0 Å². The maximum Gasteiger partial charge on any atom is 0.257 e. The van der Waals surface area contributed by atoms with Crippen LogP contribution in [0.4, 0.5) is 11.4 Å². The molecule has 29 heavy (non-hydrogen) atoms. The number of methoxy groups -OCH3 is 1. The normalized spacial score (nSPS) is 10.8. The first-order valence-electron chi connectivity index (χ1n) is 9.41. The highest BCUT2D eigenvalue weighted by Crippen LogP contribution is 2.28. The summed E-state index contributed by atoms with van der Waals surface area (Å²) in [6, 6.07) is 12.8. The summed E-state index contributed by atoms with van der Waals surface area (Å²) in [7, 11) is 1.57. The summed E-state index contributed by atoms with van der Waals surface area (Å²) >= 11 is 1.66. The number of nitrogens with one attached hydrogen (secondary N) is 2. The molecule has 1 aromatic heterocycles. The summed E-state index contributed by atoms with van der Waals surface area (Å²) in [6.07, 6.45) is 0. The Morgan fingerprint density at radius 3 is 2.59 bits per heavy atom. The van der Waals surface area contributed by atoms with Crippen LogP contribution in [-0.4, -0.2) is 36.3 Å². The van der Waals surface area contributed by atoms with Crippen LogP contribution in [0.5, 0.6) is 5.75 Å². The summed E-state index contributed by atoms with van der Waals surface area (Å²) in [4.78, 5) is 17.4. The van der Waals surface area contributed by atoms with Crippen LogP contribution < -0.4 is 15.4 Å². The molecule has 0 unspecified atom stereocenters. The molecule has 0 saturated carbocycles. The first-order valence-corrected chi connectivity index (χ1v) is 10.3. The molecule has 6 nitrogen and oxygen atoms in total. The minimum atomic E-state index is -0.239. The molecule has 0 aliphatic heterocycles. The number of aliphatic hydroxyl groups is 1. The van der Waals surface area contributed by atoms with Crippen LogP contribution in [0.2, 0.25) is 0 Å². The van der Waals surface area contributed by atoms with Crippen molar-refractivity contribution in [3.63, 3.8) is 0 Å². The first-order chi connectivity index (χ1) is 14.0. The summed E-state index contributed by atoms with van der Waals surface area (Å²) in [5, 5.41) is 18.2. The van der Waals surface area contributed by atoms with Gasteiger partial charge in [0, 0.05) is 35.2 Å². The number of ether oxygens (including phenoxy) is 1. The standard InChI is InChI=1S/C22H25N3O3S/c1-14(2)22-25-20(13-29-22)15-4-6-16(7-5-15)24-21(27)18-9-8-17(28-3)12-19(18)23-10-11-26/h4-9,12-14,23,26H,10-11H2,1-3H3,(H,24,27). The van der Waals surface area contributed by atoms with E-state index in [0.717, 1.165) is 16.3 Å². The number of anilines is 2. The predicted octanol–water partition coefficient (Wildman–Crippen LogP) is 4.60. The largest absolute Gasteiger partial charge is 0.497 e. The average Bonchev–Trinajstić information content (AvgIpc) is 3.23. The zero-order valence-corrected chi connectivity index (χ0v) is 17.5. The molecule has 0 saturated heterocycles. The number of hydrogen-bond acceptors (Lipinski definition) is 6. The lowest BCUT2D eigenvalue weighted by molar-refractivity contribution is 0.102. The molecule has 152 valence electrons. The Morgan fingerprint density at radius 2 is 1.97 bits per heavy atom. The van der Waals surface area contributed by atoms with Gasteiger partial charge in [-0.25, -0.2) is 4.98 Å². The van der Waals surface area contributed by atoms with Gasteiger partial charge in [0.2, 0.25) is 0 Å². The van der Waals surface area contributed by atoms with Crippen molar-refractivity contribution in [1.29, 1.82) is 0 Å². The number of aliphatic hydroxyl groups excluding tert-OH is 1. The van der Waals surface area contributed by atoms with E-state index in [1.165, 1.54) is 0 Å². The molecule has 0 bridgehead atoms. The van der Waals surface area contributed by atoms with Crippen molar-refractivity contribution in [1.82, 2.24) is 4.98 Å². The first kappa shape index (κ1) is 20.8. The SMILES string of the molecule is COc1ccc(C(=O)Nc2ccc(-c3csc(C(C)C)n3)cc2)c(NCCO)c1. The Hall–Kier alpha value is -2.90. The van der Waals surface area contributed by atoms with Crippen molar-refractivity contribution >= 4 is 28.6 Å². The lowest BCUT2D eigenvalue weighted by Gasteiger charge is -2.13. The number of amides is 1. The fourth-order valence-electron chi connectivity index (χ4n) is 2.79. The topological polar surface area (TPSA) is 83.5 Å². The molecule has 1 heterocycles. The number of carbonyl (C=O) groups excluding carboxylic acids is 1. The van der Waals surface area contributed by atoms with Crippen molar-refractivity contribution in [3.05, 3.63) is 58.4 Å². The van der Waals surface area contributed by atoms with Gasteiger partial charge in [0.1, 0.15) is 5.75 Å². The van der Waals surface area contributed by atoms with Crippen LogP contribution in [0, 0.1) is 0 Å². The highest BCUT2D eigenvalue weighted by molar-refractivity contribution is 7.10. The Labute approximate surface area is 174 Å². The Kier molecular flexibility index (Phi) is 6.85. The molecule has 0 fully saturated rings. The van der Waals surface area contributed by atoms with Crippen molar-refractivity contribution in [2.24, 2.45) is 0 Å². The van der Waals surface area contributed by atoms with E-state index in [1.807, 2.05) is 24.3 Å². The van der Waals surface area contributed by atoms with Crippen LogP contribution in [0.15, 0.2) is 47.8 Å². The van der Waals surface area contributed by atoms with Gasteiger partial charge in [0.25, 0.3) is 5.91 Å². The van der Waals surface area contributed by atoms with E-state index >= 15 is 0 Å². The van der Waals surface area contributed by atoms with Crippen molar-refractivity contribution < 1.29 is 14.6 Å². The van der Waals surface area contributed by atoms with E-state index in [2.05, 4.69) is 34.8 Å². The van der Waals surface area contributed by atoms with E-state index < -0.39 is 0 Å². The molecule has 7 heteroatoms. The van der Waals surface area contributed by atoms with Gasteiger partial charge >= 0.3 is 0 Å². The van der Waals surface area contributed by atoms with Crippen molar-refractivity contribution in [2.75, 3.05) is 30.9 Å². The Balaban J connectivity index is 1.75. The lowest BCUT2D eigenvalue weighted by Crippen LogP contribution is -2.16. The second-order valence-corrected chi connectivity index (χ2v) is 7.71. The second kappa shape index (κ2) is 9.54. The van der Waals surface area contributed by atoms with Gasteiger partial charge in [-0.3, -0.25) is 4.79 Å². The fraction of sp³-hybridized carbons (Fsp3) is 0.273. The number of benzene rings is 2. The number of rotatable bonds is 8. The van der Waals surface area contributed by atoms with E-state index in [9.17, 15) is 4.79 Å². The number of nitrogens with zero attached hydrogens (tertiary/aromatic N) is 1. The maximum atomic E-state index is 12.8. The summed E-state index contributed by atoms with van der Waals surface area (Å²) in [6.45, 7) is 4.57. The highest BCUT2D eigenvalue weighted by atomic mass is 32.1. The van der Waals surface area contributed by atoms with Crippen LogP contribution in [0.3, 0.4) is 0 Å². The molecular formula is C22H25N3O3S. The minimum absolute atomic E-state index is 0.0329. The predicted molar refractivity (Wildman–Crippen MR) is 118 cm³/mol. The quantitative estimate of drug-likeness (QED) is 0.505. The number of carbonyl (C=O) groups is 1. The van der Waals surface area contributed by atoms with Gasteiger partial charge in [-0.1, -0.05) is 26.0 Å². The van der Waals surface area contributed by atoms with Gasteiger partial charge in [-0.05, 0) is 24.3 Å². The molecule has 3 aromatic rings. The highest BCUT2D eigenvalue weighted by Gasteiger charge is 2.13. The third-order valence-corrected chi connectivity index (χ3v) is 5.50. The second-order valence-electron chi connectivity index (χ2n) is 6.82. The molecular weight excluding hydrogens is 386 g/mol. The van der Waals surface area contributed by atoms with E-state index in [0.29, 0.717) is 35.2 Å². The van der Waals surface area contributed by atoms with Crippen molar-refractivity contribution in [2.45, 2.75) is 19.8 Å². The Bertz CT molecular complexity index is 968. The van der Waals surface area contributed by atoms with Gasteiger partial charge in [0.15, 0.2) is 0 Å². The van der Waals surface area contributed by atoms with Crippen LogP contribution >= 0.6 is 11.3 Å². The van der Waals surface area contributed by atoms with Crippen LogP contribution in [0.1, 0.15) is 35.1 Å². The van der Waals surface area contributed by atoms with E-state index in [4.69, 9.17) is 9.84 Å². The van der Waals surface area contributed by atoms with Gasteiger partial charge in [-0.2, -0.15) is 0 Å². The lowest BCUT2D eigenvalue weighted by atomic mass is 10.1. The summed E-state index contributed by atoms with van der Waals surface area (Å²) < 4.78 is 5.22. The third kappa shape index (κ3) is 5.13. The molecule has 2 aromatic carbocycles. The van der Waals surface area contributed by atoms with Gasteiger partial charge in [0.05, 0.1) is 35.7 Å². The molecule has 0 aliphatic carbocycles. The average molecular weight is 412 g/mol. The zero-order chi connectivity index (χ0) is 20.8. The minimum Gasteiger partial charge on any atom is -0.497 e. The molecule has 0 spiro atoms. The van der Waals surface area contributed by atoms with Crippen LogP contribution in [-0.2, 0) is 0 Å². The Morgan fingerprint density at radius 1 is 1.21 bits per heavy atom. The fourth-order valence-corrected chi connectivity index (χ4v) is 3.64. The molecule has 1 amide bonds. The van der Waals surface area contributed by atoms with Gasteiger partial charge < -0.3 is 20.5 Å². The summed E-state index contributed by atoms with van der Waals surface area (Å²) in [5.74, 6) is 0.803. The zero-order valence-electron chi connectivity index (χ0n) is 16.7. The van der Waals surface area contributed by atoms with Gasteiger partial charge in [-0.15, -0.1) is 11.3 Å². The van der Waals surface area contributed by atoms with E-state index in [-0.39, 0.29) is 12.5 Å². The molecule has 0 aliphatic rings. The number of thiazole rings is 1. The maximum absolute atomic E-state index is 12.8. The number of hydrogen-bond donors (Lipinski definition) is 3. The third-order valence-electron chi connectivity index (χ3n) is 4.35.